The summed E-state index contributed by atoms with van der Waals surface area (Å²) in [6.07, 6.45) is 2.08. The van der Waals surface area contributed by atoms with Crippen LogP contribution in [0.1, 0.15) is 33.1 Å². The molecule has 2 bridgehead atoms. The van der Waals surface area contributed by atoms with Crippen LogP contribution in [0.25, 0.3) is 0 Å². The van der Waals surface area contributed by atoms with Crippen molar-refractivity contribution in [1.82, 2.24) is 0 Å². The lowest BCUT2D eigenvalue weighted by molar-refractivity contribution is -0.131. The summed E-state index contributed by atoms with van der Waals surface area (Å²) in [4.78, 5) is 11.9. The summed E-state index contributed by atoms with van der Waals surface area (Å²) in [5.41, 5.74) is -0.970. The second-order valence-corrected chi connectivity index (χ2v) is 6.45. The van der Waals surface area contributed by atoms with Crippen LogP contribution in [0.15, 0.2) is 0 Å². The van der Waals surface area contributed by atoms with Gasteiger partial charge in [0.25, 0.3) is 0 Å². The molecule has 0 aromatic carbocycles. The van der Waals surface area contributed by atoms with E-state index >= 15 is 0 Å². The van der Waals surface area contributed by atoms with Gasteiger partial charge in [0.2, 0.25) is 0 Å². The molecule has 5 nitrogen and oxygen atoms in total. The third kappa shape index (κ3) is 1.51. The van der Waals surface area contributed by atoms with Crippen molar-refractivity contribution in [2.75, 3.05) is 6.61 Å². The van der Waals surface area contributed by atoms with E-state index in [4.69, 9.17) is 4.55 Å². The Bertz CT molecular complexity index is 424. The molecule has 2 fully saturated rings. The Hall–Kier alpha value is -0.460. The molecule has 2 saturated carbocycles. The summed E-state index contributed by atoms with van der Waals surface area (Å²) in [5, 5.41) is 0. The van der Waals surface area contributed by atoms with E-state index in [1.807, 2.05) is 13.8 Å². The lowest BCUT2D eigenvalue weighted by atomic mass is 9.69. The molecule has 0 aliphatic heterocycles. The average Bonchev–Trinajstić information content (AvgIpc) is 2.46. The molecule has 2 atom stereocenters. The Balaban J connectivity index is 2.26. The van der Waals surface area contributed by atoms with E-state index in [9.17, 15) is 13.2 Å². The maximum atomic E-state index is 11.9. The number of fused-ring (bicyclic) bond motifs is 2. The molecule has 0 spiro atoms. The van der Waals surface area contributed by atoms with Crippen LogP contribution in [0.5, 0.6) is 0 Å². The standard InChI is InChI=1S/C10H16O5S/c1-9(2)7-3-4-10(9,8(11)5-7)6-15-16(12,13)14/h7H,3-6H2,1-2H3,(H,12,13,14). The van der Waals surface area contributed by atoms with Crippen molar-refractivity contribution in [2.45, 2.75) is 33.1 Å². The van der Waals surface area contributed by atoms with Gasteiger partial charge >= 0.3 is 10.4 Å². The van der Waals surface area contributed by atoms with E-state index in [0.717, 1.165) is 6.42 Å². The van der Waals surface area contributed by atoms with Crippen LogP contribution in [-0.2, 0) is 19.4 Å². The first-order valence-corrected chi connectivity index (χ1v) is 6.71. The highest BCUT2D eigenvalue weighted by molar-refractivity contribution is 7.80. The fourth-order valence-electron chi connectivity index (χ4n) is 3.28. The molecule has 16 heavy (non-hydrogen) atoms. The molecule has 0 heterocycles. The fraction of sp³-hybridized carbons (Fsp3) is 0.900. The van der Waals surface area contributed by atoms with Crippen LogP contribution in [-0.4, -0.2) is 25.4 Å². The van der Waals surface area contributed by atoms with Gasteiger partial charge in [0.05, 0.1) is 12.0 Å². The van der Waals surface area contributed by atoms with Gasteiger partial charge in [-0.05, 0) is 24.2 Å². The first-order chi connectivity index (χ1) is 7.19. The number of hydrogen-bond donors (Lipinski definition) is 1. The summed E-state index contributed by atoms with van der Waals surface area (Å²) in [6.45, 7) is 3.72. The Labute approximate surface area is 95.1 Å². The number of carbonyl (C=O) groups is 1. The summed E-state index contributed by atoms with van der Waals surface area (Å²) in [6, 6.07) is 0. The van der Waals surface area contributed by atoms with Crippen molar-refractivity contribution >= 4 is 16.2 Å². The molecule has 92 valence electrons. The predicted molar refractivity (Wildman–Crippen MR) is 56.1 cm³/mol. The molecule has 2 rings (SSSR count). The second kappa shape index (κ2) is 3.27. The van der Waals surface area contributed by atoms with E-state index in [0.29, 0.717) is 18.8 Å². The Kier molecular flexibility index (Phi) is 2.46. The lowest BCUT2D eigenvalue weighted by Gasteiger charge is -2.35. The van der Waals surface area contributed by atoms with E-state index in [-0.39, 0.29) is 17.8 Å². The van der Waals surface area contributed by atoms with Gasteiger partial charge < -0.3 is 0 Å². The molecule has 0 radical (unpaired) electrons. The minimum absolute atomic E-state index is 0.0670. The molecule has 0 amide bonds. The molecular weight excluding hydrogens is 232 g/mol. The summed E-state index contributed by atoms with van der Waals surface area (Å²) >= 11 is 0. The van der Waals surface area contributed by atoms with Crippen LogP contribution < -0.4 is 0 Å². The summed E-state index contributed by atoms with van der Waals surface area (Å²) in [7, 11) is -4.47. The second-order valence-electron chi connectivity index (χ2n) is 5.36. The minimum Gasteiger partial charge on any atom is -0.299 e. The smallest absolute Gasteiger partial charge is 0.299 e. The topological polar surface area (TPSA) is 80.7 Å². The number of hydrogen-bond acceptors (Lipinski definition) is 4. The molecule has 0 saturated heterocycles. The van der Waals surface area contributed by atoms with Gasteiger partial charge in [-0.3, -0.25) is 9.35 Å². The van der Waals surface area contributed by atoms with Gasteiger partial charge in [0.15, 0.2) is 0 Å². The minimum atomic E-state index is -4.47. The first-order valence-electron chi connectivity index (χ1n) is 5.34. The third-order valence-corrected chi connectivity index (χ3v) is 5.01. The van der Waals surface area contributed by atoms with E-state index in [2.05, 4.69) is 4.18 Å². The largest absolute Gasteiger partial charge is 0.397 e. The maximum absolute atomic E-state index is 11.9. The monoisotopic (exact) mass is 248 g/mol. The zero-order valence-electron chi connectivity index (χ0n) is 9.39. The van der Waals surface area contributed by atoms with Gasteiger partial charge in [-0.25, -0.2) is 4.18 Å². The van der Waals surface area contributed by atoms with E-state index in [1.54, 1.807) is 0 Å². The van der Waals surface area contributed by atoms with Crippen molar-refractivity contribution in [2.24, 2.45) is 16.7 Å². The Morgan fingerprint density at radius 3 is 2.50 bits per heavy atom. The molecule has 2 unspecified atom stereocenters. The van der Waals surface area contributed by atoms with Crippen LogP contribution in [0.2, 0.25) is 0 Å². The first kappa shape index (κ1) is 12.0. The van der Waals surface area contributed by atoms with Gasteiger partial charge in [0, 0.05) is 6.42 Å². The third-order valence-electron chi connectivity index (χ3n) is 4.59. The number of Topliss-reactive ketones (excluding diaryl/α,β-unsaturated/α-hetero) is 1. The maximum Gasteiger partial charge on any atom is 0.397 e. The SMILES string of the molecule is CC1(C)C2CCC1(COS(=O)(=O)O)C(=O)C2. The normalized spacial score (nSPS) is 36.9. The lowest BCUT2D eigenvalue weighted by Crippen LogP contribution is -2.40. The Morgan fingerprint density at radius 2 is 2.12 bits per heavy atom. The highest BCUT2D eigenvalue weighted by Crippen LogP contribution is 2.63. The highest BCUT2D eigenvalue weighted by Gasteiger charge is 2.64. The predicted octanol–water partition coefficient (Wildman–Crippen LogP) is 1.20. The summed E-state index contributed by atoms with van der Waals surface area (Å²) < 4.78 is 34.2. The number of ketones is 1. The molecule has 6 heteroatoms. The molecule has 0 aromatic heterocycles. The van der Waals surface area contributed by atoms with Gasteiger partial charge in [-0.1, -0.05) is 13.8 Å². The zero-order valence-corrected chi connectivity index (χ0v) is 10.2. The molecule has 1 N–H and O–H groups in total. The average molecular weight is 248 g/mol. The molecular formula is C10H16O5S. The van der Waals surface area contributed by atoms with Crippen molar-refractivity contribution in [3.8, 4) is 0 Å². The van der Waals surface area contributed by atoms with Crippen LogP contribution in [0.3, 0.4) is 0 Å². The van der Waals surface area contributed by atoms with Crippen molar-refractivity contribution in [3.05, 3.63) is 0 Å². The van der Waals surface area contributed by atoms with E-state index < -0.39 is 15.8 Å². The van der Waals surface area contributed by atoms with Gasteiger partial charge in [-0.2, -0.15) is 8.42 Å². The van der Waals surface area contributed by atoms with Gasteiger partial charge in [0.1, 0.15) is 5.78 Å². The number of rotatable bonds is 3. The highest BCUT2D eigenvalue weighted by atomic mass is 32.3. The van der Waals surface area contributed by atoms with Crippen molar-refractivity contribution < 1.29 is 21.9 Å². The number of carbonyl (C=O) groups excluding carboxylic acids is 1. The van der Waals surface area contributed by atoms with Crippen molar-refractivity contribution in [3.63, 3.8) is 0 Å². The van der Waals surface area contributed by atoms with Crippen molar-refractivity contribution in [1.29, 1.82) is 0 Å². The molecule has 0 aromatic rings. The van der Waals surface area contributed by atoms with E-state index in [1.165, 1.54) is 0 Å². The van der Waals surface area contributed by atoms with Gasteiger partial charge in [-0.15, -0.1) is 0 Å². The van der Waals surface area contributed by atoms with Crippen LogP contribution in [0, 0.1) is 16.7 Å². The Morgan fingerprint density at radius 1 is 1.50 bits per heavy atom. The zero-order chi connectivity index (χ0) is 12.2. The quantitative estimate of drug-likeness (QED) is 0.759. The van der Waals surface area contributed by atoms with Crippen LogP contribution in [0.4, 0.5) is 0 Å². The molecule has 2 aliphatic rings. The summed E-state index contributed by atoms with van der Waals surface area (Å²) in [5.74, 6) is 0.377. The fourth-order valence-corrected chi connectivity index (χ4v) is 3.63. The molecule has 2 aliphatic carbocycles. The van der Waals surface area contributed by atoms with Crippen LogP contribution >= 0.6 is 0 Å².